The number of aromatic hydroxyl groups is 1. The van der Waals surface area contributed by atoms with Gasteiger partial charge in [-0.1, -0.05) is 12.1 Å². The highest BCUT2D eigenvalue weighted by molar-refractivity contribution is 5.98. The lowest BCUT2D eigenvalue weighted by Gasteiger charge is -1.99. The largest absolute Gasteiger partial charge is 0.508 e. The first-order valence-corrected chi connectivity index (χ1v) is 4.37. The van der Waals surface area contributed by atoms with E-state index in [0.717, 1.165) is 5.56 Å². The summed E-state index contributed by atoms with van der Waals surface area (Å²) < 4.78 is 0. The van der Waals surface area contributed by atoms with E-state index in [4.69, 9.17) is 5.11 Å². The third-order valence-electron chi connectivity index (χ3n) is 1.78. The van der Waals surface area contributed by atoms with E-state index < -0.39 is 0 Å². The van der Waals surface area contributed by atoms with Crippen LogP contribution in [0.3, 0.4) is 0 Å². The van der Waals surface area contributed by atoms with Crippen molar-refractivity contribution >= 4 is 11.6 Å². The molecule has 0 fully saturated rings. The molecule has 0 unspecified atom stereocenters. The first kappa shape index (κ1) is 10.4. The standard InChI is InChI=1S/C11H12O3/c1-8(12)6-11(14)7-9-2-4-10(13)5-3-9/h2-5,13H,6-7H2,1H3. The highest BCUT2D eigenvalue weighted by atomic mass is 16.3. The van der Waals surface area contributed by atoms with Gasteiger partial charge in [0, 0.05) is 6.42 Å². The summed E-state index contributed by atoms with van der Waals surface area (Å²) in [6.07, 6.45) is 0.237. The number of carbonyl (C=O) groups excluding carboxylic acids is 2. The quantitative estimate of drug-likeness (QED) is 0.735. The third-order valence-corrected chi connectivity index (χ3v) is 1.78. The fraction of sp³-hybridized carbons (Fsp3) is 0.273. The first-order valence-electron chi connectivity index (χ1n) is 4.37. The number of hydrogen-bond donors (Lipinski definition) is 1. The van der Waals surface area contributed by atoms with Gasteiger partial charge in [-0.25, -0.2) is 0 Å². The van der Waals surface area contributed by atoms with Gasteiger partial charge in [0.25, 0.3) is 0 Å². The molecule has 0 atom stereocenters. The number of hydrogen-bond acceptors (Lipinski definition) is 3. The molecule has 74 valence electrons. The fourth-order valence-corrected chi connectivity index (χ4v) is 1.18. The molecular formula is C11H12O3. The highest BCUT2D eigenvalue weighted by Crippen LogP contribution is 2.10. The lowest BCUT2D eigenvalue weighted by molar-refractivity contribution is -0.125. The summed E-state index contributed by atoms with van der Waals surface area (Å²) in [6.45, 7) is 1.40. The molecule has 0 aliphatic rings. The van der Waals surface area contributed by atoms with Gasteiger partial charge < -0.3 is 5.11 Å². The Hall–Kier alpha value is -1.64. The van der Waals surface area contributed by atoms with Crippen molar-refractivity contribution in [2.75, 3.05) is 0 Å². The van der Waals surface area contributed by atoms with Gasteiger partial charge in [-0.2, -0.15) is 0 Å². The average molecular weight is 192 g/mol. The van der Waals surface area contributed by atoms with Crippen LogP contribution in [0.15, 0.2) is 24.3 Å². The molecular weight excluding hydrogens is 180 g/mol. The normalized spacial score (nSPS) is 9.79. The van der Waals surface area contributed by atoms with Crippen molar-refractivity contribution in [3.63, 3.8) is 0 Å². The molecule has 14 heavy (non-hydrogen) atoms. The van der Waals surface area contributed by atoms with Crippen LogP contribution in [0.5, 0.6) is 5.75 Å². The van der Waals surface area contributed by atoms with Crippen molar-refractivity contribution in [3.05, 3.63) is 29.8 Å². The molecule has 0 bridgehead atoms. The van der Waals surface area contributed by atoms with E-state index in [1.54, 1.807) is 12.1 Å². The number of benzene rings is 1. The van der Waals surface area contributed by atoms with Crippen LogP contribution < -0.4 is 0 Å². The van der Waals surface area contributed by atoms with E-state index >= 15 is 0 Å². The highest BCUT2D eigenvalue weighted by Gasteiger charge is 2.06. The molecule has 1 aromatic carbocycles. The lowest BCUT2D eigenvalue weighted by atomic mass is 10.1. The van der Waals surface area contributed by atoms with Gasteiger partial charge in [-0.15, -0.1) is 0 Å². The van der Waals surface area contributed by atoms with E-state index in [9.17, 15) is 9.59 Å². The molecule has 0 aliphatic heterocycles. The minimum Gasteiger partial charge on any atom is -0.508 e. The maximum absolute atomic E-state index is 11.2. The maximum Gasteiger partial charge on any atom is 0.144 e. The van der Waals surface area contributed by atoms with Crippen molar-refractivity contribution in [2.45, 2.75) is 19.8 Å². The smallest absolute Gasteiger partial charge is 0.144 e. The first-order chi connectivity index (χ1) is 6.58. The SMILES string of the molecule is CC(=O)CC(=O)Cc1ccc(O)cc1. The van der Waals surface area contributed by atoms with E-state index in [0.29, 0.717) is 0 Å². The molecule has 0 amide bonds. The van der Waals surface area contributed by atoms with Gasteiger partial charge in [-0.05, 0) is 24.6 Å². The zero-order chi connectivity index (χ0) is 10.6. The van der Waals surface area contributed by atoms with Crippen LogP contribution in [0, 0.1) is 0 Å². The van der Waals surface area contributed by atoms with Crippen molar-refractivity contribution in [1.82, 2.24) is 0 Å². The Labute approximate surface area is 82.4 Å². The monoisotopic (exact) mass is 192 g/mol. The Bertz CT molecular complexity index is 338. The summed E-state index contributed by atoms with van der Waals surface area (Å²) in [5, 5.41) is 9.00. The molecule has 0 saturated heterocycles. The van der Waals surface area contributed by atoms with Gasteiger partial charge >= 0.3 is 0 Å². The average Bonchev–Trinajstić information content (AvgIpc) is 2.07. The topological polar surface area (TPSA) is 54.4 Å². The molecule has 3 nitrogen and oxygen atoms in total. The molecule has 1 aromatic rings. The Morgan fingerprint density at radius 2 is 1.79 bits per heavy atom. The van der Waals surface area contributed by atoms with Crippen LogP contribution in [0.25, 0.3) is 0 Å². The van der Waals surface area contributed by atoms with Crippen LogP contribution in [-0.2, 0) is 16.0 Å². The summed E-state index contributed by atoms with van der Waals surface area (Å²) >= 11 is 0. The Morgan fingerprint density at radius 3 is 2.29 bits per heavy atom. The summed E-state index contributed by atoms with van der Waals surface area (Å²) in [5.74, 6) is -0.0373. The Morgan fingerprint density at radius 1 is 1.21 bits per heavy atom. The molecule has 3 heteroatoms. The summed E-state index contributed by atoms with van der Waals surface area (Å²) in [6, 6.07) is 6.40. The van der Waals surface area contributed by atoms with Crippen LogP contribution >= 0.6 is 0 Å². The number of carbonyl (C=O) groups is 2. The molecule has 0 radical (unpaired) electrons. The number of phenolic OH excluding ortho intramolecular Hbond substituents is 1. The predicted octanol–water partition coefficient (Wildman–Crippen LogP) is 1.48. The van der Waals surface area contributed by atoms with Crippen molar-refractivity contribution in [2.24, 2.45) is 0 Å². The van der Waals surface area contributed by atoms with E-state index in [-0.39, 0.29) is 30.2 Å². The number of rotatable bonds is 4. The number of phenols is 1. The van der Waals surface area contributed by atoms with Crippen LogP contribution in [-0.4, -0.2) is 16.7 Å². The third kappa shape index (κ3) is 3.39. The summed E-state index contributed by atoms with van der Waals surface area (Å²) in [7, 11) is 0. The van der Waals surface area contributed by atoms with Crippen LogP contribution in [0.1, 0.15) is 18.9 Å². The fourth-order valence-electron chi connectivity index (χ4n) is 1.18. The second-order valence-electron chi connectivity index (χ2n) is 3.26. The van der Waals surface area contributed by atoms with E-state index in [1.807, 2.05) is 0 Å². The van der Waals surface area contributed by atoms with Gasteiger partial charge in [0.15, 0.2) is 0 Å². The van der Waals surface area contributed by atoms with Crippen molar-refractivity contribution in [1.29, 1.82) is 0 Å². The molecule has 0 aromatic heterocycles. The maximum atomic E-state index is 11.2. The molecule has 0 saturated carbocycles. The van der Waals surface area contributed by atoms with Gasteiger partial charge in [0.1, 0.15) is 17.3 Å². The minimum absolute atomic E-state index is 0.0130. The van der Waals surface area contributed by atoms with Gasteiger partial charge in [0.05, 0.1) is 6.42 Å². The summed E-state index contributed by atoms with van der Waals surface area (Å²) in [4.78, 5) is 21.9. The van der Waals surface area contributed by atoms with Gasteiger partial charge in [0.2, 0.25) is 0 Å². The second kappa shape index (κ2) is 4.56. The van der Waals surface area contributed by atoms with Gasteiger partial charge in [-0.3, -0.25) is 9.59 Å². The van der Waals surface area contributed by atoms with Crippen LogP contribution in [0.2, 0.25) is 0 Å². The number of Topliss-reactive ketones (excluding diaryl/α,β-unsaturated/α-hetero) is 2. The van der Waals surface area contributed by atoms with Crippen LogP contribution in [0.4, 0.5) is 0 Å². The lowest BCUT2D eigenvalue weighted by Crippen LogP contribution is -2.07. The molecule has 0 spiro atoms. The Kier molecular flexibility index (Phi) is 3.40. The zero-order valence-electron chi connectivity index (χ0n) is 7.99. The molecule has 0 aliphatic carbocycles. The minimum atomic E-state index is -0.117. The second-order valence-corrected chi connectivity index (χ2v) is 3.26. The van der Waals surface area contributed by atoms with E-state index in [1.165, 1.54) is 19.1 Å². The summed E-state index contributed by atoms with van der Waals surface area (Å²) in [5.41, 5.74) is 0.814. The molecule has 1 N–H and O–H groups in total. The van der Waals surface area contributed by atoms with Crippen molar-refractivity contribution in [3.8, 4) is 5.75 Å². The molecule has 1 rings (SSSR count). The number of ketones is 2. The molecule has 0 heterocycles. The van der Waals surface area contributed by atoms with Crippen molar-refractivity contribution < 1.29 is 14.7 Å². The predicted molar refractivity (Wildman–Crippen MR) is 52.1 cm³/mol. The zero-order valence-corrected chi connectivity index (χ0v) is 7.99. The Balaban J connectivity index is 2.56. The van der Waals surface area contributed by atoms with E-state index in [2.05, 4.69) is 0 Å².